The minimum absolute atomic E-state index is 0.0187. The Bertz CT molecular complexity index is 1460. The first-order valence-electron chi connectivity index (χ1n) is 12.3. The van der Waals surface area contributed by atoms with Gasteiger partial charge >= 0.3 is 6.18 Å². The van der Waals surface area contributed by atoms with Crippen LogP contribution in [0.4, 0.5) is 22.0 Å². The Balaban J connectivity index is 1.41. The number of carbonyl (C=O) groups excluding carboxylic acids is 1. The number of amides is 1. The maximum atomic E-state index is 14.9. The second kappa shape index (κ2) is 10.5. The third-order valence-electron chi connectivity index (χ3n) is 6.77. The Kier molecular flexibility index (Phi) is 7.16. The number of fused-ring (bicyclic) bond motifs is 1. The number of aromatic amines is 1. The fourth-order valence-corrected chi connectivity index (χ4v) is 4.79. The first-order chi connectivity index (χ1) is 18.2. The Labute approximate surface area is 215 Å². The van der Waals surface area contributed by atoms with E-state index in [1.54, 1.807) is 24.3 Å². The number of aromatic nitrogens is 2. The number of benzene rings is 2. The molecule has 198 valence electrons. The van der Waals surface area contributed by atoms with Crippen molar-refractivity contribution in [3.05, 3.63) is 88.8 Å². The summed E-state index contributed by atoms with van der Waals surface area (Å²) in [5.74, 6) is -2.58. The molecule has 10 heteroatoms. The largest absolute Gasteiger partial charge is 0.412 e. The summed E-state index contributed by atoms with van der Waals surface area (Å²) in [6.07, 6.45) is 3.27. The molecule has 38 heavy (non-hydrogen) atoms. The van der Waals surface area contributed by atoms with Crippen molar-refractivity contribution < 1.29 is 26.7 Å². The van der Waals surface area contributed by atoms with Gasteiger partial charge in [-0.15, -0.1) is 0 Å². The summed E-state index contributed by atoms with van der Waals surface area (Å²) in [6.45, 7) is 2.33. The molecule has 0 bridgehead atoms. The number of nitrogens with zero attached hydrogens (tertiary/aromatic N) is 2. The van der Waals surface area contributed by atoms with Gasteiger partial charge in [0.05, 0.1) is 5.52 Å². The fraction of sp³-hybridized carbons (Fsp3) is 0.286. The molecule has 1 aliphatic carbocycles. The molecule has 0 unspecified atom stereocenters. The first kappa shape index (κ1) is 25.8. The van der Waals surface area contributed by atoms with E-state index in [9.17, 15) is 26.7 Å². The summed E-state index contributed by atoms with van der Waals surface area (Å²) in [5, 5.41) is 9.73. The van der Waals surface area contributed by atoms with Crippen molar-refractivity contribution in [2.45, 2.75) is 38.4 Å². The van der Waals surface area contributed by atoms with Crippen LogP contribution in [0.1, 0.15) is 41.7 Å². The number of hydrogen-bond donors (Lipinski definition) is 2. The number of allylic oxidation sites excluding steroid dienone is 5. The topological polar surface area (TPSA) is 61.0 Å². The van der Waals surface area contributed by atoms with Crippen molar-refractivity contribution in [2.24, 2.45) is 0 Å². The average molecular weight is 529 g/mol. The predicted molar refractivity (Wildman–Crippen MR) is 134 cm³/mol. The maximum absolute atomic E-state index is 14.9. The van der Waals surface area contributed by atoms with Gasteiger partial charge in [-0.1, -0.05) is 30.7 Å². The number of nitrogens with one attached hydrogen (secondary N) is 2. The number of halogens is 5. The van der Waals surface area contributed by atoms with Gasteiger partial charge in [-0.05, 0) is 73.8 Å². The molecule has 1 fully saturated rings. The average Bonchev–Trinajstić information content (AvgIpc) is 3.16. The highest BCUT2D eigenvalue weighted by molar-refractivity contribution is 6.06. The molecule has 0 atom stereocenters. The lowest BCUT2D eigenvalue weighted by Gasteiger charge is -2.26. The number of hydrogen-bond acceptors (Lipinski definition) is 3. The monoisotopic (exact) mass is 528 g/mol. The van der Waals surface area contributed by atoms with E-state index in [0.29, 0.717) is 28.6 Å². The van der Waals surface area contributed by atoms with Gasteiger partial charge in [-0.3, -0.25) is 14.8 Å². The standard InChI is InChI=1S/C28H25F5N4O/c29-23-14-17(16-37-11-2-1-3-12-37)13-21(25(23)30)18-7-10-24-22(15-18)26(36-35-24)27(38)34-20-6-4-5-19(8-9-20)28(31,32)33/h4-7,9-10,13-15H,1-3,8,11-12,16H2,(H,34,38)(H,35,36). The zero-order valence-corrected chi connectivity index (χ0v) is 20.3. The van der Waals surface area contributed by atoms with E-state index in [4.69, 9.17) is 0 Å². The van der Waals surface area contributed by atoms with E-state index in [1.165, 1.54) is 30.7 Å². The van der Waals surface area contributed by atoms with Crippen LogP contribution in [0.3, 0.4) is 0 Å². The Morgan fingerprint density at radius 2 is 1.87 bits per heavy atom. The van der Waals surface area contributed by atoms with E-state index in [-0.39, 0.29) is 17.0 Å². The summed E-state index contributed by atoms with van der Waals surface area (Å²) in [5.41, 5.74) is 1.04. The van der Waals surface area contributed by atoms with Gasteiger partial charge in [0.15, 0.2) is 17.3 Å². The molecule has 3 aromatic rings. The molecular weight excluding hydrogens is 503 g/mol. The highest BCUT2D eigenvalue weighted by Gasteiger charge is 2.32. The third kappa shape index (κ3) is 5.55. The minimum atomic E-state index is -4.46. The van der Waals surface area contributed by atoms with Gasteiger partial charge in [0.2, 0.25) is 0 Å². The van der Waals surface area contributed by atoms with E-state index in [2.05, 4.69) is 20.4 Å². The SMILES string of the molecule is O=C(NC1=CCC(C(F)(F)F)=CC=C1)c1n[nH]c2ccc(-c3cc(CN4CCCCC4)cc(F)c3F)cc12. The van der Waals surface area contributed by atoms with Crippen LogP contribution in [0, 0.1) is 11.6 Å². The molecule has 2 aliphatic rings. The van der Waals surface area contributed by atoms with Gasteiger partial charge in [0, 0.05) is 28.8 Å². The van der Waals surface area contributed by atoms with Crippen molar-refractivity contribution in [3.63, 3.8) is 0 Å². The minimum Gasteiger partial charge on any atom is -0.321 e. The highest BCUT2D eigenvalue weighted by atomic mass is 19.4. The van der Waals surface area contributed by atoms with Gasteiger partial charge in [-0.25, -0.2) is 8.78 Å². The van der Waals surface area contributed by atoms with Crippen LogP contribution in [0.15, 0.2) is 65.9 Å². The van der Waals surface area contributed by atoms with E-state index < -0.39 is 35.7 Å². The molecule has 2 N–H and O–H groups in total. The molecule has 1 aromatic heterocycles. The van der Waals surface area contributed by atoms with Crippen molar-refractivity contribution in [2.75, 3.05) is 13.1 Å². The van der Waals surface area contributed by atoms with Crippen LogP contribution in [0.2, 0.25) is 0 Å². The first-order valence-corrected chi connectivity index (χ1v) is 12.3. The van der Waals surface area contributed by atoms with Crippen LogP contribution >= 0.6 is 0 Å². The highest BCUT2D eigenvalue weighted by Crippen LogP contribution is 2.32. The van der Waals surface area contributed by atoms with E-state index in [1.807, 2.05) is 0 Å². The summed E-state index contributed by atoms with van der Waals surface area (Å²) in [7, 11) is 0. The molecular formula is C28H25F5N4O. The van der Waals surface area contributed by atoms with Gasteiger partial charge in [0.25, 0.3) is 5.91 Å². The normalized spacial score (nSPS) is 16.8. The van der Waals surface area contributed by atoms with Gasteiger partial charge in [0.1, 0.15) is 0 Å². The smallest absolute Gasteiger partial charge is 0.321 e. The van der Waals surface area contributed by atoms with Crippen molar-refractivity contribution in [3.8, 4) is 11.1 Å². The molecule has 1 saturated heterocycles. The lowest BCUT2D eigenvalue weighted by atomic mass is 9.99. The van der Waals surface area contributed by atoms with Gasteiger partial charge in [-0.2, -0.15) is 18.3 Å². The summed E-state index contributed by atoms with van der Waals surface area (Å²) < 4.78 is 68.5. The van der Waals surface area contributed by atoms with Crippen LogP contribution in [0.5, 0.6) is 0 Å². The van der Waals surface area contributed by atoms with E-state index >= 15 is 0 Å². The molecule has 2 heterocycles. The lowest BCUT2D eigenvalue weighted by molar-refractivity contribution is -0.0928. The number of H-pyrrole nitrogens is 1. The quantitative estimate of drug-likeness (QED) is 0.369. The predicted octanol–water partition coefficient (Wildman–Crippen LogP) is 6.56. The number of alkyl halides is 3. The molecule has 2 aromatic carbocycles. The van der Waals surface area contributed by atoms with E-state index in [0.717, 1.165) is 32.0 Å². The number of likely N-dealkylation sites (tertiary alicyclic amines) is 1. The molecule has 1 amide bonds. The van der Waals surface area contributed by atoms with Crippen LogP contribution in [-0.4, -0.2) is 40.3 Å². The Morgan fingerprint density at radius 3 is 2.63 bits per heavy atom. The summed E-state index contributed by atoms with van der Waals surface area (Å²) in [4.78, 5) is 15.2. The molecule has 0 radical (unpaired) electrons. The summed E-state index contributed by atoms with van der Waals surface area (Å²) in [6, 6.07) is 7.63. The molecule has 5 rings (SSSR count). The van der Waals surface area contributed by atoms with Crippen molar-refractivity contribution >= 4 is 16.8 Å². The summed E-state index contributed by atoms with van der Waals surface area (Å²) >= 11 is 0. The third-order valence-corrected chi connectivity index (χ3v) is 6.77. The van der Waals surface area contributed by atoms with Crippen LogP contribution < -0.4 is 5.32 Å². The molecule has 1 aliphatic heterocycles. The number of carbonyl (C=O) groups is 1. The number of piperidine rings is 1. The zero-order chi connectivity index (χ0) is 26.9. The second-order valence-electron chi connectivity index (χ2n) is 9.48. The van der Waals surface area contributed by atoms with Crippen LogP contribution in [0.25, 0.3) is 22.0 Å². The van der Waals surface area contributed by atoms with Gasteiger partial charge < -0.3 is 5.32 Å². The van der Waals surface area contributed by atoms with Crippen molar-refractivity contribution in [1.29, 1.82) is 0 Å². The zero-order valence-electron chi connectivity index (χ0n) is 20.3. The molecule has 5 nitrogen and oxygen atoms in total. The Hall–Kier alpha value is -3.79. The second-order valence-corrected chi connectivity index (χ2v) is 9.48. The van der Waals surface area contributed by atoms with Crippen molar-refractivity contribution in [1.82, 2.24) is 20.4 Å². The number of rotatable bonds is 5. The van der Waals surface area contributed by atoms with Crippen LogP contribution in [-0.2, 0) is 6.54 Å². The maximum Gasteiger partial charge on any atom is 0.412 e. The molecule has 0 saturated carbocycles. The molecule has 0 spiro atoms. The fourth-order valence-electron chi connectivity index (χ4n) is 4.79. The lowest BCUT2D eigenvalue weighted by Crippen LogP contribution is -2.29. The Morgan fingerprint density at radius 1 is 1.08 bits per heavy atom.